The highest BCUT2D eigenvalue weighted by Gasteiger charge is 2.40. The van der Waals surface area contributed by atoms with Crippen LogP contribution in [0.4, 0.5) is 5.69 Å². The minimum Gasteiger partial charge on any atom is -0.496 e. The van der Waals surface area contributed by atoms with E-state index in [1.807, 2.05) is 53.6 Å². The summed E-state index contributed by atoms with van der Waals surface area (Å²) < 4.78 is 7.61. The number of fused-ring (bicyclic) bond motifs is 3. The predicted octanol–water partition coefficient (Wildman–Crippen LogP) is 5.54. The highest BCUT2D eigenvalue weighted by Crippen LogP contribution is 2.42. The van der Waals surface area contributed by atoms with Crippen molar-refractivity contribution in [3.8, 4) is 11.4 Å². The molecule has 0 radical (unpaired) electrons. The molecule has 6 rings (SSSR count). The Hall–Kier alpha value is -4.32. The Labute approximate surface area is 216 Å². The number of hydrogen-bond acceptors (Lipinski definition) is 3. The summed E-state index contributed by atoms with van der Waals surface area (Å²) in [5.74, 6) is 0.235. The van der Waals surface area contributed by atoms with Gasteiger partial charge < -0.3 is 14.2 Å². The first-order valence-electron chi connectivity index (χ1n) is 12.7. The first-order chi connectivity index (χ1) is 18.1. The van der Waals surface area contributed by atoms with Crippen molar-refractivity contribution in [3.63, 3.8) is 0 Å². The van der Waals surface area contributed by atoms with E-state index < -0.39 is 0 Å². The molecule has 4 aromatic rings. The predicted molar refractivity (Wildman–Crippen MR) is 143 cm³/mol. The maximum Gasteiger partial charge on any atom is 0.258 e. The number of benzene rings is 3. The summed E-state index contributed by atoms with van der Waals surface area (Å²) in [5.41, 5.74) is 5.48. The first kappa shape index (κ1) is 23.1. The van der Waals surface area contributed by atoms with Gasteiger partial charge in [-0.3, -0.25) is 14.5 Å². The molecular weight excluding hydrogens is 462 g/mol. The van der Waals surface area contributed by atoms with E-state index in [0.717, 1.165) is 41.0 Å². The third-order valence-electron chi connectivity index (χ3n) is 7.27. The summed E-state index contributed by atoms with van der Waals surface area (Å²) in [4.78, 5) is 31.6. The lowest BCUT2D eigenvalue weighted by Crippen LogP contribution is -2.47. The number of aryl methyl sites for hydroxylation is 1. The third kappa shape index (κ3) is 4.08. The highest BCUT2D eigenvalue weighted by molar-refractivity contribution is 6.03. The van der Waals surface area contributed by atoms with Gasteiger partial charge in [-0.25, -0.2) is 0 Å². The molecule has 0 spiro atoms. The van der Waals surface area contributed by atoms with Gasteiger partial charge in [-0.1, -0.05) is 54.1 Å². The Morgan fingerprint density at radius 3 is 2.32 bits per heavy atom. The van der Waals surface area contributed by atoms with Crippen LogP contribution in [0.25, 0.3) is 5.69 Å². The topological polar surface area (TPSA) is 54.8 Å². The SMILES string of the molecule is COc1ccccc1C(=O)N(CC(=O)N1c2ccccc2-n2cccc2C1c1ccc(C)cc1)C1CC1. The molecule has 2 aliphatic rings. The van der Waals surface area contributed by atoms with E-state index >= 15 is 0 Å². The van der Waals surface area contributed by atoms with Crippen LogP contribution in [-0.2, 0) is 4.79 Å². The Morgan fingerprint density at radius 1 is 0.892 bits per heavy atom. The van der Waals surface area contributed by atoms with E-state index in [2.05, 4.69) is 41.8 Å². The molecule has 1 aromatic heterocycles. The van der Waals surface area contributed by atoms with Gasteiger partial charge in [0.1, 0.15) is 18.3 Å². The zero-order valence-electron chi connectivity index (χ0n) is 21.0. The summed E-state index contributed by atoms with van der Waals surface area (Å²) in [6, 6.07) is 27.3. The molecule has 186 valence electrons. The van der Waals surface area contributed by atoms with Crippen molar-refractivity contribution in [2.45, 2.75) is 31.8 Å². The van der Waals surface area contributed by atoms with Crippen LogP contribution >= 0.6 is 0 Å². The molecule has 0 bridgehead atoms. The van der Waals surface area contributed by atoms with Crippen molar-refractivity contribution in [2.75, 3.05) is 18.6 Å². The van der Waals surface area contributed by atoms with Gasteiger partial charge in [0, 0.05) is 12.2 Å². The minimum absolute atomic E-state index is 0.00104. The summed E-state index contributed by atoms with van der Waals surface area (Å²) in [5, 5.41) is 0. The van der Waals surface area contributed by atoms with Crippen LogP contribution in [-0.4, -0.2) is 41.0 Å². The molecule has 1 atom stereocenters. The first-order valence-corrected chi connectivity index (χ1v) is 12.7. The second kappa shape index (κ2) is 9.28. The van der Waals surface area contributed by atoms with Crippen molar-refractivity contribution in [1.82, 2.24) is 9.47 Å². The molecule has 6 nitrogen and oxygen atoms in total. The second-order valence-electron chi connectivity index (χ2n) is 9.73. The molecule has 0 saturated heterocycles. The Balaban J connectivity index is 1.41. The van der Waals surface area contributed by atoms with Crippen molar-refractivity contribution in [3.05, 3.63) is 114 Å². The van der Waals surface area contributed by atoms with E-state index in [1.165, 1.54) is 0 Å². The molecule has 1 unspecified atom stereocenters. The number of aromatic nitrogens is 1. The largest absolute Gasteiger partial charge is 0.496 e. The number of rotatable bonds is 6. The summed E-state index contributed by atoms with van der Waals surface area (Å²) in [7, 11) is 1.56. The summed E-state index contributed by atoms with van der Waals surface area (Å²) >= 11 is 0. The third-order valence-corrected chi connectivity index (χ3v) is 7.27. The van der Waals surface area contributed by atoms with Crippen LogP contribution in [0.15, 0.2) is 91.1 Å². The van der Waals surface area contributed by atoms with Gasteiger partial charge in [-0.05, 0) is 61.7 Å². The van der Waals surface area contributed by atoms with Crippen molar-refractivity contribution in [2.24, 2.45) is 0 Å². The Bertz CT molecular complexity index is 1470. The Morgan fingerprint density at radius 2 is 1.59 bits per heavy atom. The van der Waals surface area contributed by atoms with E-state index in [0.29, 0.717) is 11.3 Å². The minimum atomic E-state index is -0.305. The van der Waals surface area contributed by atoms with E-state index in [4.69, 9.17) is 4.74 Å². The number of ether oxygens (including phenoxy) is 1. The number of amides is 2. The maximum atomic E-state index is 14.3. The van der Waals surface area contributed by atoms with E-state index in [9.17, 15) is 9.59 Å². The number of carbonyl (C=O) groups is 2. The number of hydrogen-bond donors (Lipinski definition) is 0. The average molecular weight is 492 g/mol. The van der Waals surface area contributed by atoms with Gasteiger partial charge >= 0.3 is 0 Å². The van der Waals surface area contributed by atoms with Crippen LogP contribution in [0, 0.1) is 6.92 Å². The normalized spacial score (nSPS) is 16.1. The smallest absolute Gasteiger partial charge is 0.258 e. The standard InChI is InChI=1S/C31H29N3O3/c1-21-13-15-22(16-14-21)30-27-11-7-19-32(27)25-9-4-5-10-26(25)34(30)29(35)20-33(23-17-18-23)31(36)24-8-3-6-12-28(24)37-2/h3-16,19,23,30H,17-18,20H2,1-2H3. The highest BCUT2D eigenvalue weighted by atomic mass is 16.5. The zero-order chi connectivity index (χ0) is 25.5. The van der Waals surface area contributed by atoms with E-state index in [-0.39, 0.29) is 30.4 Å². The van der Waals surface area contributed by atoms with E-state index in [1.54, 1.807) is 24.1 Å². The molecule has 6 heteroatoms. The van der Waals surface area contributed by atoms with Crippen LogP contribution in [0.5, 0.6) is 5.75 Å². The van der Waals surface area contributed by atoms with Gasteiger partial charge in [0.25, 0.3) is 5.91 Å². The summed E-state index contributed by atoms with van der Waals surface area (Å²) in [6.45, 7) is 2.06. The zero-order valence-corrected chi connectivity index (χ0v) is 21.0. The molecule has 0 N–H and O–H groups in total. The van der Waals surface area contributed by atoms with Gasteiger partial charge in [0.2, 0.25) is 5.91 Å². The summed E-state index contributed by atoms with van der Waals surface area (Å²) in [6.07, 6.45) is 3.84. The monoisotopic (exact) mass is 491 g/mol. The van der Waals surface area contributed by atoms with Gasteiger partial charge in [0.15, 0.2) is 0 Å². The van der Waals surface area contributed by atoms with Crippen LogP contribution < -0.4 is 9.64 Å². The number of anilines is 1. The van der Waals surface area contributed by atoms with Crippen molar-refractivity contribution in [1.29, 1.82) is 0 Å². The molecule has 1 saturated carbocycles. The molecule has 1 aliphatic heterocycles. The molecule has 3 aromatic carbocycles. The lowest BCUT2D eigenvalue weighted by atomic mass is 9.97. The average Bonchev–Trinajstić information content (AvgIpc) is 3.66. The number of carbonyl (C=O) groups excluding carboxylic acids is 2. The lowest BCUT2D eigenvalue weighted by molar-refractivity contribution is -0.119. The molecule has 2 amide bonds. The van der Waals surface area contributed by atoms with Gasteiger partial charge in [0.05, 0.1) is 29.7 Å². The lowest BCUT2D eigenvalue weighted by Gasteiger charge is -2.39. The van der Waals surface area contributed by atoms with Crippen LogP contribution in [0.3, 0.4) is 0 Å². The molecule has 2 heterocycles. The fraction of sp³-hybridized carbons (Fsp3) is 0.226. The molecule has 37 heavy (non-hydrogen) atoms. The Kier molecular flexibility index (Phi) is 5.80. The molecular formula is C31H29N3O3. The van der Waals surface area contributed by atoms with Crippen molar-refractivity contribution >= 4 is 17.5 Å². The second-order valence-corrected chi connectivity index (χ2v) is 9.73. The fourth-order valence-electron chi connectivity index (χ4n) is 5.28. The quantitative estimate of drug-likeness (QED) is 0.356. The molecule has 1 aliphatic carbocycles. The number of methoxy groups -OCH3 is 1. The van der Waals surface area contributed by atoms with Crippen molar-refractivity contribution < 1.29 is 14.3 Å². The molecule has 1 fully saturated rings. The number of para-hydroxylation sites is 3. The van der Waals surface area contributed by atoms with Crippen LogP contribution in [0.2, 0.25) is 0 Å². The van der Waals surface area contributed by atoms with Gasteiger partial charge in [-0.2, -0.15) is 0 Å². The van der Waals surface area contributed by atoms with Gasteiger partial charge in [-0.15, -0.1) is 0 Å². The number of nitrogens with zero attached hydrogens (tertiary/aromatic N) is 3. The van der Waals surface area contributed by atoms with Crippen LogP contribution in [0.1, 0.15) is 46.1 Å². The fourth-order valence-corrected chi connectivity index (χ4v) is 5.28. The maximum absolute atomic E-state index is 14.3.